The van der Waals surface area contributed by atoms with E-state index in [1.54, 1.807) is 27.7 Å². The van der Waals surface area contributed by atoms with Gasteiger partial charge in [0, 0.05) is 34.3 Å². The first kappa shape index (κ1) is 17.3. The first-order chi connectivity index (χ1) is 9.65. The highest BCUT2D eigenvalue weighted by molar-refractivity contribution is 6.24. The molecule has 0 fully saturated rings. The maximum Gasteiger partial charge on any atom is 0.223 e. The molecule has 0 radical (unpaired) electrons. The molecule has 1 amide bonds. The predicted molar refractivity (Wildman–Crippen MR) is 79.3 cm³/mol. The lowest BCUT2D eigenvalue weighted by atomic mass is 9.77. The maximum atomic E-state index is 12.3. The van der Waals surface area contributed by atoms with Crippen LogP contribution < -0.4 is 5.73 Å². The van der Waals surface area contributed by atoms with Crippen molar-refractivity contribution in [1.29, 1.82) is 0 Å². The molecule has 0 saturated carbocycles. The van der Waals surface area contributed by atoms with Gasteiger partial charge in [-0.2, -0.15) is 0 Å². The van der Waals surface area contributed by atoms with Gasteiger partial charge in [-0.15, -0.1) is 0 Å². The Balaban J connectivity index is 3.00. The molecule has 0 heterocycles. The zero-order valence-corrected chi connectivity index (χ0v) is 13.1. The molecule has 1 atom stereocenters. The summed E-state index contributed by atoms with van der Waals surface area (Å²) in [4.78, 5) is 35.9. The summed E-state index contributed by atoms with van der Waals surface area (Å²) in [6, 6.07) is 0. The maximum absolute atomic E-state index is 12.3. The lowest BCUT2D eigenvalue weighted by Gasteiger charge is -2.27. The number of nitrogens with two attached hydrogens (primary N) is 1. The Kier molecular flexibility index (Phi) is 5.23. The van der Waals surface area contributed by atoms with Gasteiger partial charge in [0.1, 0.15) is 0 Å². The molecular formula is C16H23NO4. The Labute approximate surface area is 124 Å². The average Bonchev–Trinajstić information content (AvgIpc) is 2.43. The molecule has 0 aliphatic heterocycles. The van der Waals surface area contributed by atoms with Gasteiger partial charge in [0.2, 0.25) is 5.91 Å². The molecule has 1 aliphatic carbocycles. The summed E-state index contributed by atoms with van der Waals surface area (Å²) in [7, 11) is 0. The van der Waals surface area contributed by atoms with Crippen LogP contribution >= 0.6 is 0 Å². The number of allylic oxidation sites excluding steroid dienone is 4. The fourth-order valence-corrected chi connectivity index (χ4v) is 2.48. The predicted octanol–water partition coefficient (Wildman–Crippen LogP) is 1.45. The molecule has 21 heavy (non-hydrogen) atoms. The van der Waals surface area contributed by atoms with Crippen LogP contribution in [0.3, 0.4) is 0 Å². The number of hydrogen-bond acceptors (Lipinski definition) is 4. The summed E-state index contributed by atoms with van der Waals surface area (Å²) >= 11 is 0. The van der Waals surface area contributed by atoms with Gasteiger partial charge in [-0.05, 0) is 40.0 Å². The van der Waals surface area contributed by atoms with E-state index in [9.17, 15) is 14.4 Å². The molecule has 1 rings (SSSR count). The Bertz CT molecular complexity index is 557. The van der Waals surface area contributed by atoms with Crippen LogP contribution in [0.15, 0.2) is 22.3 Å². The Morgan fingerprint density at radius 3 is 2.05 bits per heavy atom. The third-order valence-corrected chi connectivity index (χ3v) is 4.50. The number of aliphatic hydroxyl groups excluding tert-OH is 1. The van der Waals surface area contributed by atoms with Gasteiger partial charge in [-0.3, -0.25) is 14.4 Å². The highest BCUT2D eigenvalue weighted by atomic mass is 16.3. The molecule has 1 unspecified atom stereocenters. The van der Waals surface area contributed by atoms with E-state index in [-0.39, 0.29) is 24.6 Å². The lowest BCUT2D eigenvalue weighted by Crippen LogP contribution is -2.35. The van der Waals surface area contributed by atoms with Crippen molar-refractivity contribution < 1.29 is 19.5 Å². The van der Waals surface area contributed by atoms with E-state index in [2.05, 4.69) is 0 Å². The van der Waals surface area contributed by atoms with Crippen molar-refractivity contribution in [2.75, 3.05) is 6.61 Å². The number of aliphatic hydroxyl groups is 1. The normalized spacial score (nSPS) is 19.1. The number of carbonyl (C=O) groups excluding carboxylic acids is 3. The van der Waals surface area contributed by atoms with Crippen LogP contribution in [0.5, 0.6) is 0 Å². The van der Waals surface area contributed by atoms with Gasteiger partial charge in [0.25, 0.3) is 0 Å². The zero-order chi connectivity index (χ0) is 16.4. The van der Waals surface area contributed by atoms with E-state index in [4.69, 9.17) is 10.8 Å². The monoisotopic (exact) mass is 293 g/mol. The van der Waals surface area contributed by atoms with Crippen LogP contribution in [0.25, 0.3) is 0 Å². The summed E-state index contributed by atoms with van der Waals surface area (Å²) in [6.45, 7) is 6.45. The molecule has 5 nitrogen and oxygen atoms in total. The largest absolute Gasteiger partial charge is 0.396 e. The highest BCUT2D eigenvalue weighted by Gasteiger charge is 2.33. The number of primary amides is 1. The van der Waals surface area contributed by atoms with Crippen LogP contribution in [0.4, 0.5) is 0 Å². The van der Waals surface area contributed by atoms with E-state index in [0.29, 0.717) is 35.1 Å². The second kappa shape index (κ2) is 6.35. The first-order valence-electron chi connectivity index (χ1n) is 7.03. The van der Waals surface area contributed by atoms with Crippen LogP contribution in [-0.2, 0) is 14.4 Å². The molecule has 0 aromatic heterocycles. The molecule has 0 saturated heterocycles. The number of hydrogen-bond donors (Lipinski definition) is 2. The van der Waals surface area contributed by atoms with Gasteiger partial charge in [-0.25, -0.2) is 0 Å². The molecule has 0 aromatic rings. The van der Waals surface area contributed by atoms with Crippen LogP contribution in [-0.4, -0.2) is 29.2 Å². The number of ketones is 2. The van der Waals surface area contributed by atoms with Crippen LogP contribution in [0, 0.1) is 5.41 Å². The second-order valence-corrected chi connectivity index (χ2v) is 5.91. The summed E-state index contributed by atoms with van der Waals surface area (Å²) in [5, 5.41) is 9.06. The summed E-state index contributed by atoms with van der Waals surface area (Å²) in [5.41, 5.74) is 6.35. The van der Waals surface area contributed by atoms with Crippen molar-refractivity contribution in [3.8, 4) is 0 Å². The smallest absolute Gasteiger partial charge is 0.223 e. The van der Waals surface area contributed by atoms with Gasteiger partial charge >= 0.3 is 0 Å². The van der Waals surface area contributed by atoms with E-state index in [1.165, 1.54) is 0 Å². The third kappa shape index (κ3) is 3.29. The minimum absolute atomic E-state index is 0.120. The Morgan fingerprint density at radius 2 is 1.57 bits per heavy atom. The molecule has 1 aliphatic rings. The zero-order valence-electron chi connectivity index (χ0n) is 13.1. The fourth-order valence-electron chi connectivity index (χ4n) is 2.48. The molecule has 0 bridgehead atoms. The number of amides is 1. The van der Waals surface area contributed by atoms with E-state index >= 15 is 0 Å². The Morgan fingerprint density at radius 1 is 1.05 bits per heavy atom. The number of carbonyl (C=O) groups is 3. The minimum atomic E-state index is -0.879. The molecule has 5 heteroatoms. The van der Waals surface area contributed by atoms with Crippen molar-refractivity contribution in [3.63, 3.8) is 0 Å². The molecular weight excluding hydrogens is 270 g/mol. The van der Waals surface area contributed by atoms with Crippen LogP contribution in [0.2, 0.25) is 0 Å². The first-order valence-corrected chi connectivity index (χ1v) is 7.03. The number of Topliss-reactive ketones (excluding diaryl/α,β-unsaturated/α-hetero) is 2. The van der Waals surface area contributed by atoms with Crippen molar-refractivity contribution >= 4 is 17.5 Å². The average molecular weight is 293 g/mol. The van der Waals surface area contributed by atoms with Crippen molar-refractivity contribution in [2.45, 2.75) is 47.0 Å². The second-order valence-electron chi connectivity index (χ2n) is 5.91. The van der Waals surface area contributed by atoms with Crippen LogP contribution in [0.1, 0.15) is 47.0 Å². The van der Waals surface area contributed by atoms with Gasteiger partial charge < -0.3 is 10.8 Å². The van der Waals surface area contributed by atoms with E-state index in [0.717, 1.165) is 0 Å². The molecule has 0 spiro atoms. The third-order valence-electron chi connectivity index (χ3n) is 4.50. The quantitative estimate of drug-likeness (QED) is 0.724. The molecule has 0 aromatic carbocycles. The molecule has 116 valence electrons. The van der Waals surface area contributed by atoms with Crippen molar-refractivity contribution in [3.05, 3.63) is 22.3 Å². The van der Waals surface area contributed by atoms with Gasteiger partial charge in [-0.1, -0.05) is 6.92 Å². The highest BCUT2D eigenvalue weighted by Crippen LogP contribution is 2.33. The Hall–Kier alpha value is -1.75. The van der Waals surface area contributed by atoms with Gasteiger partial charge in [0.05, 0.1) is 0 Å². The summed E-state index contributed by atoms with van der Waals surface area (Å²) in [5.74, 6) is -0.765. The van der Waals surface area contributed by atoms with Crippen molar-refractivity contribution in [2.24, 2.45) is 11.1 Å². The standard InChI is InChI=1S/C16H23NO4/c1-9-10(2)14(20)12(11(3)13(9)19)5-6-16(4,7-8-18)15(17)21/h18H,5-8H2,1-4H3,(H2,17,21). The lowest BCUT2D eigenvalue weighted by molar-refractivity contribution is -0.128. The van der Waals surface area contributed by atoms with E-state index < -0.39 is 11.3 Å². The van der Waals surface area contributed by atoms with Crippen molar-refractivity contribution in [1.82, 2.24) is 0 Å². The summed E-state index contributed by atoms with van der Waals surface area (Å²) < 4.78 is 0. The van der Waals surface area contributed by atoms with E-state index in [1.807, 2.05) is 0 Å². The minimum Gasteiger partial charge on any atom is -0.396 e. The SMILES string of the molecule is CC1=C(C)C(=O)C(CCC(C)(CCO)C(N)=O)=C(C)C1=O. The fraction of sp³-hybridized carbons (Fsp3) is 0.562. The van der Waals surface area contributed by atoms with Gasteiger partial charge in [0.15, 0.2) is 11.6 Å². The number of rotatable bonds is 6. The molecule has 3 N–H and O–H groups in total. The topological polar surface area (TPSA) is 97.5 Å². The summed E-state index contributed by atoms with van der Waals surface area (Å²) in [6.07, 6.45) is 0.881.